The van der Waals surface area contributed by atoms with Gasteiger partial charge in [-0.25, -0.2) is 4.79 Å². The second-order valence-corrected chi connectivity index (χ2v) is 3.77. The molecule has 98 valence electrons. The monoisotopic (exact) mass is 251 g/mol. The number of ether oxygens (including phenoxy) is 1. The summed E-state index contributed by atoms with van der Waals surface area (Å²) in [7, 11) is 1.62. The van der Waals surface area contributed by atoms with E-state index in [1.165, 1.54) is 17.0 Å². The number of rotatable bonds is 6. The van der Waals surface area contributed by atoms with E-state index in [0.717, 1.165) is 0 Å². The zero-order valence-corrected chi connectivity index (χ0v) is 10.5. The first-order valence-electron chi connectivity index (χ1n) is 5.73. The van der Waals surface area contributed by atoms with Crippen LogP contribution in [-0.4, -0.2) is 48.7 Å². The predicted molar refractivity (Wildman–Crippen MR) is 66.9 cm³/mol. The number of carboxylic acid groups (broad SMARTS) is 1. The highest BCUT2D eigenvalue weighted by molar-refractivity contribution is 6.04. The molecule has 0 radical (unpaired) electrons. The summed E-state index contributed by atoms with van der Waals surface area (Å²) in [6.07, 6.45) is 0. The van der Waals surface area contributed by atoms with Gasteiger partial charge in [0, 0.05) is 20.2 Å². The fraction of sp³-hybridized carbons (Fsp3) is 0.385. The molecule has 0 unspecified atom stereocenters. The highest BCUT2D eigenvalue weighted by Gasteiger charge is 2.18. The van der Waals surface area contributed by atoms with E-state index in [2.05, 4.69) is 0 Å². The van der Waals surface area contributed by atoms with Gasteiger partial charge in [-0.15, -0.1) is 0 Å². The molecular formula is C13H17NO4. The Labute approximate surface area is 106 Å². The molecule has 0 aliphatic heterocycles. The molecule has 5 heteroatoms. The number of hydrogen-bond acceptors (Lipinski definition) is 3. The van der Waals surface area contributed by atoms with Crippen molar-refractivity contribution in [2.75, 3.05) is 26.8 Å². The third-order valence-corrected chi connectivity index (χ3v) is 2.51. The van der Waals surface area contributed by atoms with E-state index in [-0.39, 0.29) is 17.0 Å². The van der Waals surface area contributed by atoms with Crippen LogP contribution in [0, 0.1) is 0 Å². The Kier molecular flexibility index (Phi) is 5.32. The summed E-state index contributed by atoms with van der Waals surface area (Å²) < 4.78 is 5.16. The second kappa shape index (κ2) is 6.76. The van der Waals surface area contributed by atoms with Crippen molar-refractivity contribution >= 4 is 11.9 Å². The minimum Gasteiger partial charge on any atom is -0.478 e. The van der Waals surface area contributed by atoms with Crippen molar-refractivity contribution in [3.8, 4) is 0 Å². The standard InChI is InChI=1S/C13H17NO4/c1-3-18-9-8-14(2)12(15)10-6-4-5-7-11(10)13(16)17/h4-7H,3,8-9H2,1-2H3,(H,16,17). The number of hydrogen-bond donors (Lipinski definition) is 1. The molecule has 0 fully saturated rings. The molecule has 5 nitrogen and oxygen atoms in total. The lowest BCUT2D eigenvalue weighted by Gasteiger charge is -2.18. The summed E-state index contributed by atoms with van der Waals surface area (Å²) in [6.45, 7) is 3.34. The van der Waals surface area contributed by atoms with E-state index in [0.29, 0.717) is 19.8 Å². The molecule has 1 aromatic carbocycles. The van der Waals surface area contributed by atoms with Gasteiger partial charge >= 0.3 is 5.97 Å². The van der Waals surface area contributed by atoms with Crippen molar-refractivity contribution in [1.82, 2.24) is 4.90 Å². The molecule has 0 saturated carbocycles. The highest BCUT2D eigenvalue weighted by Crippen LogP contribution is 2.11. The number of carboxylic acids is 1. The Balaban J connectivity index is 2.80. The molecule has 0 spiro atoms. The Bertz CT molecular complexity index is 431. The van der Waals surface area contributed by atoms with Crippen LogP contribution in [0.25, 0.3) is 0 Å². The van der Waals surface area contributed by atoms with Crippen molar-refractivity contribution < 1.29 is 19.4 Å². The van der Waals surface area contributed by atoms with Crippen molar-refractivity contribution in [2.45, 2.75) is 6.92 Å². The first-order valence-corrected chi connectivity index (χ1v) is 5.73. The summed E-state index contributed by atoms with van der Waals surface area (Å²) in [5.41, 5.74) is 0.217. The van der Waals surface area contributed by atoms with Gasteiger partial charge in [-0.05, 0) is 19.1 Å². The normalized spacial score (nSPS) is 10.1. The van der Waals surface area contributed by atoms with Gasteiger partial charge in [0.15, 0.2) is 0 Å². The Hall–Kier alpha value is -1.88. The van der Waals surface area contributed by atoms with Crippen molar-refractivity contribution in [3.63, 3.8) is 0 Å². The first-order chi connectivity index (χ1) is 8.57. The molecule has 1 N–H and O–H groups in total. The van der Waals surface area contributed by atoms with Crippen molar-refractivity contribution in [1.29, 1.82) is 0 Å². The summed E-state index contributed by atoms with van der Waals surface area (Å²) >= 11 is 0. The zero-order chi connectivity index (χ0) is 13.5. The Morgan fingerprint density at radius 3 is 2.44 bits per heavy atom. The minimum atomic E-state index is -1.10. The van der Waals surface area contributed by atoms with Crippen LogP contribution in [0.4, 0.5) is 0 Å². The molecule has 0 aromatic heterocycles. The molecule has 1 amide bonds. The lowest BCUT2D eigenvalue weighted by Crippen LogP contribution is -2.31. The van der Waals surface area contributed by atoms with Crippen molar-refractivity contribution in [3.05, 3.63) is 35.4 Å². The van der Waals surface area contributed by atoms with E-state index >= 15 is 0 Å². The molecule has 18 heavy (non-hydrogen) atoms. The smallest absolute Gasteiger partial charge is 0.336 e. The number of amides is 1. The Morgan fingerprint density at radius 1 is 1.28 bits per heavy atom. The SMILES string of the molecule is CCOCCN(C)C(=O)c1ccccc1C(=O)O. The number of carbonyl (C=O) groups is 2. The van der Waals surface area contributed by atoms with Gasteiger partial charge < -0.3 is 14.7 Å². The van der Waals surface area contributed by atoms with Crippen LogP contribution in [0.3, 0.4) is 0 Å². The average molecular weight is 251 g/mol. The molecular weight excluding hydrogens is 234 g/mol. The van der Waals surface area contributed by atoms with E-state index in [1.54, 1.807) is 19.2 Å². The van der Waals surface area contributed by atoms with Gasteiger partial charge in [-0.2, -0.15) is 0 Å². The predicted octanol–water partition coefficient (Wildman–Crippen LogP) is 1.49. The fourth-order valence-electron chi connectivity index (χ4n) is 1.51. The van der Waals surface area contributed by atoms with E-state index < -0.39 is 5.97 Å². The third-order valence-electron chi connectivity index (χ3n) is 2.51. The topological polar surface area (TPSA) is 66.8 Å². The summed E-state index contributed by atoms with van der Waals surface area (Å²) in [5.74, 6) is -1.41. The largest absolute Gasteiger partial charge is 0.478 e. The lowest BCUT2D eigenvalue weighted by atomic mass is 10.1. The third kappa shape index (κ3) is 3.56. The van der Waals surface area contributed by atoms with E-state index in [1.807, 2.05) is 6.92 Å². The highest BCUT2D eigenvalue weighted by atomic mass is 16.5. The van der Waals surface area contributed by atoms with E-state index in [4.69, 9.17) is 9.84 Å². The van der Waals surface area contributed by atoms with Crippen LogP contribution in [0.5, 0.6) is 0 Å². The summed E-state index contributed by atoms with van der Waals surface area (Å²) in [6, 6.07) is 6.19. The molecule has 0 saturated heterocycles. The molecule has 0 heterocycles. The Morgan fingerprint density at radius 2 is 1.89 bits per heavy atom. The van der Waals surface area contributed by atoms with Gasteiger partial charge in [0.05, 0.1) is 17.7 Å². The number of carbonyl (C=O) groups excluding carboxylic acids is 1. The number of nitrogens with zero attached hydrogens (tertiary/aromatic N) is 1. The summed E-state index contributed by atoms with van der Waals surface area (Å²) in [5, 5.41) is 9.02. The molecule has 1 aromatic rings. The van der Waals surface area contributed by atoms with Gasteiger partial charge in [0.25, 0.3) is 5.91 Å². The molecule has 1 rings (SSSR count). The van der Waals surface area contributed by atoms with Crippen LogP contribution in [0.1, 0.15) is 27.6 Å². The van der Waals surface area contributed by atoms with Gasteiger partial charge in [-0.1, -0.05) is 12.1 Å². The average Bonchev–Trinajstić information content (AvgIpc) is 2.38. The molecule has 0 aliphatic rings. The van der Waals surface area contributed by atoms with Crippen molar-refractivity contribution in [2.24, 2.45) is 0 Å². The molecule has 0 bridgehead atoms. The fourth-order valence-corrected chi connectivity index (χ4v) is 1.51. The maximum absolute atomic E-state index is 12.1. The zero-order valence-electron chi connectivity index (χ0n) is 10.5. The first kappa shape index (κ1) is 14.2. The van der Waals surface area contributed by atoms with E-state index in [9.17, 15) is 9.59 Å². The van der Waals surface area contributed by atoms with Crippen LogP contribution < -0.4 is 0 Å². The van der Waals surface area contributed by atoms with Gasteiger partial charge in [0.1, 0.15) is 0 Å². The lowest BCUT2D eigenvalue weighted by molar-refractivity contribution is 0.0664. The molecule has 0 atom stereocenters. The van der Waals surface area contributed by atoms with Crippen LogP contribution >= 0.6 is 0 Å². The van der Waals surface area contributed by atoms with Gasteiger partial charge in [-0.3, -0.25) is 4.79 Å². The van der Waals surface area contributed by atoms with Gasteiger partial charge in [0.2, 0.25) is 0 Å². The maximum atomic E-state index is 12.1. The van der Waals surface area contributed by atoms with Crippen LogP contribution in [0.15, 0.2) is 24.3 Å². The number of aromatic carboxylic acids is 1. The minimum absolute atomic E-state index is 0.0192. The van der Waals surface area contributed by atoms with Crippen LogP contribution in [-0.2, 0) is 4.74 Å². The second-order valence-electron chi connectivity index (χ2n) is 3.77. The number of benzene rings is 1. The molecule has 0 aliphatic carbocycles. The van der Waals surface area contributed by atoms with Crippen LogP contribution in [0.2, 0.25) is 0 Å². The maximum Gasteiger partial charge on any atom is 0.336 e. The quantitative estimate of drug-likeness (QED) is 0.778. The summed E-state index contributed by atoms with van der Waals surface area (Å²) in [4.78, 5) is 24.5. The number of likely N-dealkylation sites (N-methyl/N-ethyl adjacent to an activating group) is 1.